The molecule has 6 nitrogen and oxygen atoms in total. The normalized spacial score (nSPS) is 15.5. The van der Waals surface area contributed by atoms with Crippen LogP contribution in [0.15, 0.2) is 39.8 Å². The molecular formula is C16H20N4O2. The number of nitrogens with zero attached hydrogens (tertiary/aromatic N) is 3. The molecule has 0 amide bonds. The van der Waals surface area contributed by atoms with E-state index in [9.17, 15) is 5.11 Å². The number of nitrogens with one attached hydrogen (secondary N) is 1. The Balaban J connectivity index is 1.88. The Morgan fingerprint density at radius 3 is 2.77 bits per heavy atom. The summed E-state index contributed by atoms with van der Waals surface area (Å²) in [6.07, 6.45) is 2.39. The zero-order chi connectivity index (χ0) is 15.5. The van der Waals surface area contributed by atoms with Gasteiger partial charge in [-0.1, -0.05) is 30.3 Å². The lowest BCUT2D eigenvalue weighted by atomic mass is 10.2. The van der Waals surface area contributed by atoms with E-state index in [2.05, 4.69) is 15.6 Å². The van der Waals surface area contributed by atoms with Crippen LogP contribution in [0.1, 0.15) is 44.0 Å². The molecule has 1 saturated carbocycles. The fraction of sp³-hybridized carbons (Fsp3) is 0.438. The second-order valence-electron chi connectivity index (χ2n) is 5.80. The monoisotopic (exact) mass is 300 g/mol. The summed E-state index contributed by atoms with van der Waals surface area (Å²) in [7, 11) is 0. The van der Waals surface area contributed by atoms with Gasteiger partial charge in [0.15, 0.2) is 6.04 Å². The average Bonchev–Trinajstić information content (AvgIpc) is 3.26. The van der Waals surface area contributed by atoms with Crippen LogP contribution in [0, 0.1) is 0 Å². The van der Waals surface area contributed by atoms with Gasteiger partial charge in [0.05, 0.1) is 6.54 Å². The van der Waals surface area contributed by atoms with Gasteiger partial charge in [0.25, 0.3) is 5.69 Å². The van der Waals surface area contributed by atoms with Gasteiger partial charge in [0.2, 0.25) is 5.27 Å². The van der Waals surface area contributed by atoms with E-state index in [4.69, 9.17) is 4.52 Å². The lowest BCUT2D eigenvalue weighted by molar-refractivity contribution is -0.785. The number of rotatable bonds is 6. The largest absolute Gasteiger partial charge is 0.858 e. The van der Waals surface area contributed by atoms with Crippen LogP contribution in [-0.2, 0) is 6.54 Å². The highest BCUT2D eigenvalue weighted by atomic mass is 16.5. The molecule has 1 N–H and O–H groups in total. The first kappa shape index (κ1) is 14.7. The maximum absolute atomic E-state index is 12.2. The third-order valence-corrected chi connectivity index (χ3v) is 3.59. The SMILES string of the molecule is CC(C)[n+]1noc(/N=C(\[O-])c2ccccc2)c1CNC1CC1. The smallest absolute Gasteiger partial charge is 0.325 e. The molecule has 0 spiro atoms. The van der Waals surface area contributed by atoms with Crippen molar-refractivity contribution in [1.29, 1.82) is 0 Å². The molecule has 1 heterocycles. The first-order valence-corrected chi connectivity index (χ1v) is 7.60. The van der Waals surface area contributed by atoms with Crippen molar-refractivity contribution >= 4 is 11.8 Å². The highest BCUT2D eigenvalue weighted by molar-refractivity contribution is 5.91. The zero-order valence-corrected chi connectivity index (χ0v) is 12.8. The number of hydrogen-bond acceptors (Lipinski definition) is 5. The number of aromatic nitrogens is 2. The Bertz CT molecular complexity index is 660. The van der Waals surface area contributed by atoms with E-state index < -0.39 is 0 Å². The molecule has 0 atom stereocenters. The van der Waals surface area contributed by atoms with Crippen LogP contribution >= 0.6 is 0 Å². The first-order valence-electron chi connectivity index (χ1n) is 7.60. The van der Waals surface area contributed by atoms with Crippen molar-refractivity contribution in [2.45, 2.75) is 45.3 Å². The van der Waals surface area contributed by atoms with Crippen LogP contribution in [0.4, 0.5) is 5.88 Å². The molecule has 0 aliphatic heterocycles. The summed E-state index contributed by atoms with van der Waals surface area (Å²) < 4.78 is 7.06. The van der Waals surface area contributed by atoms with Gasteiger partial charge in [-0.25, -0.2) is 4.99 Å². The summed E-state index contributed by atoms with van der Waals surface area (Å²) in [6.45, 7) is 4.64. The average molecular weight is 300 g/mol. The summed E-state index contributed by atoms with van der Waals surface area (Å²) in [6, 6.07) is 9.67. The van der Waals surface area contributed by atoms with Crippen molar-refractivity contribution in [2.75, 3.05) is 0 Å². The van der Waals surface area contributed by atoms with Gasteiger partial charge in [-0.05, 0) is 29.0 Å². The Kier molecular flexibility index (Phi) is 4.20. The molecule has 1 aromatic heterocycles. The van der Waals surface area contributed by atoms with Crippen molar-refractivity contribution < 1.29 is 14.3 Å². The summed E-state index contributed by atoms with van der Waals surface area (Å²) in [4.78, 5) is 4.10. The molecule has 1 aliphatic carbocycles. The summed E-state index contributed by atoms with van der Waals surface area (Å²) in [5.74, 6) is -0.0315. The second kappa shape index (κ2) is 6.27. The van der Waals surface area contributed by atoms with Gasteiger partial charge < -0.3 is 10.4 Å². The molecule has 6 heteroatoms. The lowest BCUT2D eigenvalue weighted by Crippen LogP contribution is -2.43. The molecule has 0 unspecified atom stereocenters. The molecule has 1 fully saturated rings. The molecule has 0 saturated heterocycles. The van der Waals surface area contributed by atoms with E-state index in [1.165, 1.54) is 12.8 Å². The topological polar surface area (TPSA) is 77.4 Å². The van der Waals surface area contributed by atoms with Crippen molar-refractivity contribution in [1.82, 2.24) is 10.6 Å². The maximum atomic E-state index is 12.2. The van der Waals surface area contributed by atoms with Crippen LogP contribution in [0.25, 0.3) is 0 Å². The van der Waals surface area contributed by atoms with Crippen LogP contribution in [0.5, 0.6) is 0 Å². The van der Waals surface area contributed by atoms with Gasteiger partial charge in [-0.3, -0.25) is 4.52 Å². The summed E-state index contributed by atoms with van der Waals surface area (Å²) in [5, 5.41) is 19.6. The molecule has 1 aliphatic rings. The van der Waals surface area contributed by atoms with Crippen molar-refractivity contribution in [3.8, 4) is 0 Å². The fourth-order valence-electron chi connectivity index (χ4n) is 2.20. The van der Waals surface area contributed by atoms with E-state index in [1.54, 1.807) is 16.8 Å². The van der Waals surface area contributed by atoms with Crippen LogP contribution in [0.3, 0.4) is 0 Å². The van der Waals surface area contributed by atoms with Gasteiger partial charge in [-0.2, -0.15) is 0 Å². The van der Waals surface area contributed by atoms with Crippen molar-refractivity contribution in [3.63, 3.8) is 0 Å². The Morgan fingerprint density at radius 2 is 2.14 bits per heavy atom. The van der Waals surface area contributed by atoms with Crippen molar-refractivity contribution in [2.24, 2.45) is 4.99 Å². The fourth-order valence-corrected chi connectivity index (χ4v) is 2.20. The molecule has 1 aromatic carbocycles. The minimum atomic E-state index is -0.319. The highest BCUT2D eigenvalue weighted by Crippen LogP contribution is 2.22. The van der Waals surface area contributed by atoms with Gasteiger partial charge in [0, 0.05) is 19.9 Å². The molecule has 3 rings (SSSR count). The Hall–Kier alpha value is -2.21. The Labute approximate surface area is 129 Å². The molecular weight excluding hydrogens is 280 g/mol. The molecule has 0 bridgehead atoms. The minimum Gasteiger partial charge on any atom is -0.858 e. The summed E-state index contributed by atoms with van der Waals surface area (Å²) >= 11 is 0. The zero-order valence-electron chi connectivity index (χ0n) is 12.8. The number of hydrogen-bond donors (Lipinski definition) is 1. The molecule has 22 heavy (non-hydrogen) atoms. The third-order valence-electron chi connectivity index (χ3n) is 3.59. The predicted octanol–water partition coefficient (Wildman–Crippen LogP) is 1.23. The van der Waals surface area contributed by atoms with Gasteiger partial charge in [-0.15, -0.1) is 0 Å². The quantitative estimate of drug-likeness (QED) is 0.494. The Morgan fingerprint density at radius 1 is 1.41 bits per heavy atom. The van der Waals surface area contributed by atoms with E-state index in [-0.39, 0.29) is 17.8 Å². The van der Waals surface area contributed by atoms with E-state index in [0.717, 1.165) is 5.69 Å². The van der Waals surface area contributed by atoms with Crippen LogP contribution < -0.4 is 15.1 Å². The van der Waals surface area contributed by atoms with Crippen LogP contribution in [-0.4, -0.2) is 17.2 Å². The van der Waals surface area contributed by atoms with Crippen LogP contribution in [0.2, 0.25) is 0 Å². The minimum absolute atomic E-state index is 0.149. The summed E-state index contributed by atoms with van der Waals surface area (Å²) in [5.41, 5.74) is 1.35. The lowest BCUT2D eigenvalue weighted by Gasteiger charge is -2.08. The second-order valence-corrected chi connectivity index (χ2v) is 5.80. The van der Waals surface area contributed by atoms with Gasteiger partial charge in [0.1, 0.15) is 0 Å². The van der Waals surface area contributed by atoms with E-state index in [1.807, 2.05) is 32.0 Å². The first-order chi connectivity index (χ1) is 10.6. The highest BCUT2D eigenvalue weighted by Gasteiger charge is 2.29. The van der Waals surface area contributed by atoms with E-state index >= 15 is 0 Å². The maximum Gasteiger partial charge on any atom is 0.325 e. The molecule has 116 valence electrons. The third kappa shape index (κ3) is 3.33. The molecule has 2 aromatic rings. The number of aliphatic imine (C=N–C) groups is 1. The van der Waals surface area contributed by atoms with Crippen molar-refractivity contribution in [3.05, 3.63) is 41.6 Å². The standard InChI is InChI=1S/C16H20N4O2/c1-11(2)20-14(10-17-13-8-9-13)16(22-19-20)18-15(21)12-6-4-3-5-7-12/h3-7,11,13,17H,8-10H2,1-2H3. The van der Waals surface area contributed by atoms with E-state index in [0.29, 0.717) is 18.2 Å². The molecule has 0 radical (unpaired) electrons. The predicted molar refractivity (Wildman–Crippen MR) is 79.6 cm³/mol. The van der Waals surface area contributed by atoms with Gasteiger partial charge >= 0.3 is 5.88 Å². The number of benzene rings is 1.